The Hall–Kier alpha value is -1.45. The molecule has 31 heavy (non-hydrogen) atoms. The number of piperidine rings is 1. The molecule has 1 unspecified atom stereocenters. The first-order valence-electron chi connectivity index (χ1n) is 10.7. The molecule has 2 aliphatic rings. The number of benzene rings is 1. The predicted molar refractivity (Wildman–Crippen MR) is 124 cm³/mol. The first-order valence-corrected chi connectivity index (χ1v) is 13.4. The van der Waals surface area contributed by atoms with E-state index < -0.39 is 10.0 Å². The van der Waals surface area contributed by atoms with Crippen molar-refractivity contribution < 1.29 is 13.2 Å². The maximum atomic E-state index is 13.1. The number of hydrogen-bond donors (Lipinski definition) is 0. The van der Waals surface area contributed by atoms with Crippen molar-refractivity contribution in [3.05, 3.63) is 52.4 Å². The second-order valence-electron chi connectivity index (χ2n) is 8.17. The zero-order chi connectivity index (χ0) is 22.0. The predicted octanol–water partition coefficient (Wildman–Crippen LogP) is 3.71. The molecule has 1 aromatic heterocycles. The molecular formula is C22H28ClN3O3S2. The highest BCUT2D eigenvalue weighted by Gasteiger charge is 2.35. The summed E-state index contributed by atoms with van der Waals surface area (Å²) in [6, 6.07) is 11.5. The molecule has 168 valence electrons. The summed E-state index contributed by atoms with van der Waals surface area (Å²) in [7, 11) is -3.43. The summed E-state index contributed by atoms with van der Waals surface area (Å²) in [6.07, 6.45) is 1.17. The van der Waals surface area contributed by atoms with Crippen molar-refractivity contribution in [2.75, 3.05) is 39.3 Å². The number of rotatable bonds is 5. The Morgan fingerprint density at radius 2 is 1.71 bits per heavy atom. The normalized spacial score (nSPS) is 20.6. The number of amides is 1. The van der Waals surface area contributed by atoms with E-state index in [-0.39, 0.29) is 17.9 Å². The van der Waals surface area contributed by atoms with Crippen LogP contribution in [0, 0.1) is 5.92 Å². The van der Waals surface area contributed by atoms with E-state index in [1.54, 1.807) is 17.5 Å². The van der Waals surface area contributed by atoms with Gasteiger partial charge in [-0.25, -0.2) is 8.42 Å². The topological polar surface area (TPSA) is 60.9 Å². The lowest BCUT2D eigenvalue weighted by molar-refractivity contribution is -0.138. The van der Waals surface area contributed by atoms with E-state index in [0.717, 1.165) is 23.7 Å². The number of hydrogen-bond acceptors (Lipinski definition) is 5. The molecule has 0 saturated carbocycles. The van der Waals surface area contributed by atoms with Crippen molar-refractivity contribution in [1.29, 1.82) is 0 Å². The second kappa shape index (κ2) is 9.58. The average Bonchev–Trinajstić information content (AvgIpc) is 3.35. The van der Waals surface area contributed by atoms with Gasteiger partial charge in [0, 0.05) is 56.3 Å². The van der Waals surface area contributed by atoms with Crippen LogP contribution in [-0.4, -0.2) is 67.7 Å². The fraction of sp³-hybridized carbons (Fsp3) is 0.500. The molecular weight excluding hydrogens is 454 g/mol. The zero-order valence-corrected chi connectivity index (χ0v) is 20.0. The van der Waals surface area contributed by atoms with Crippen LogP contribution >= 0.6 is 22.9 Å². The molecule has 0 spiro atoms. The fourth-order valence-electron chi connectivity index (χ4n) is 4.48. The van der Waals surface area contributed by atoms with Crippen LogP contribution in [0.3, 0.4) is 0 Å². The van der Waals surface area contributed by atoms with Gasteiger partial charge in [-0.2, -0.15) is 4.31 Å². The van der Waals surface area contributed by atoms with E-state index in [9.17, 15) is 13.2 Å². The van der Waals surface area contributed by atoms with Crippen molar-refractivity contribution in [3.63, 3.8) is 0 Å². The number of carbonyl (C=O) groups is 1. The highest BCUT2D eigenvalue weighted by atomic mass is 35.5. The Morgan fingerprint density at radius 1 is 1.03 bits per heavy atom. The quantitative estimate of drug-likeness (QED) is 0.653. The molecule has 1 aromatic carbocycles. The lowest BCUT2D eigenvalue weighted by Crippen LogP contribution is -2.52. The van der Waals surface area contributed by atoms with Gasteiger partial charge in [-0.05, 0) is 42.8 Å². The average molecular weight is 482 g/mol. The van der Waals surface area contributed by atoms with Gasteiger partial charge in [-0.15, -0.1) is 11.3 Å². The van der Waals surface area contributed by atoms with Gasteiger partial charge in [0.15, 0.2) is 0 Å². The van der Waals surface area contributed by atoms with E-state index in [2.05, 4.69) is 17.9 Å². The van der Waals surface area contributed by atoms with Gasteiger partial charge in [-0.1, -0.05) is 35.9 Å². The minimum atomic E-state index is -3.43. The van der Waals surface area contributed by atoms with Gasteiger partial charge in [0.25, 0.3) is 10.0 Å². The molecule has 4 rings (SSSR count). The Kier molecular flexibility index (Phi) is 7.03. The summed E-state index contributed by atoms with van der Waals surface area (Å²) < 4.78 is 27.3. The highest BCUT2D eigenvalue weighted by Crippen LogP contribution is 2.30. The number of nitrogens with zero attached hydrogens (tertiary/aromatic N) is 3. The van der Waals surface area contributed by atoms with Crippen LogP contribution in [0.4, 0.5) is 0 Å². The summed E-state index contributed by atoms with van der Waals surface area (Å²) in [5.41, 5.74) is 1.11. The molecule has 2 fully saturated rings. The molecule has 0 N–H and O–H groups in total. The van der Waals surface area contributed by atoms with Crippen LogP contribution in [0.5, 0.6) is 0 Å². The minimum Gasteiger partial charge on any atom is -0.340 e. The van der Waals surface area contributed by atoms with Crippen molar-refractivity contribution >= 4 is 38.9 Å². The minimum absolute atomic E-state index is 0.0951. The summed E-state index contributed by atoms with van der Waals surface area (Å²) in [5, 5.41) is 2.55. The Bertz CT molecular complexity index is 997. The van der Waals surface area contributed by atoms with Crippen molar-refractivity contribution in [2.24, 2.45) is 5.92 Å². The van der Waals surface area contributed by atoms with Crippen LogP contribution in [0.25, 0.3) is 0 Å². The van der Waals surface area contributed by atoms with Crippen LogP contribution in [0.1, 0.15) is 31.4 Å². The lowest BCUT2D eigenvalue weighted by Gasteiger charge is -2.40. The third-order valence-electron chi connectivity index (χ3n) is 6.42. The molecule has 6 nitrogen and oxygen atoms in total. The summed E-state index contributed by atoms with van der Waals surface area (Å²) in [6.45, 7) is 5.97. The van der Waals surface area contributed by atoms with Crippen molar-refractivity contribution in [3.8, 4) is 0 Å². The van der Waals surface area contributed by atoms with Crippen molar-refractivity contribution in [1.82, 2.24) is 14.1 Å². The van der Waals surface area contributed by atoms with E-state index in [4.69, 9.17) is 11.6 Å². The largest absolute Gasteiger partial charge is 0.340 e. The SMILES string of the molecule is CC(c1ccccc1Cl)N1CCN(C(=O)C2CCN(S(=O)(=O)c3cccs3)CC2)CC1. The Labute approximate surface area is 193 Å². The Balaban J connectivity index is 1.29. The fourth-order valence-corrected chi connectivity index (χ4v) is 7.39. The first-order chi connectivity index (χ1) is 14.9. The second-order valence-corrected chi connectivity index (χ2v) is 11.7. The van der Waals surface area contributed by atoms with E-state index in [1.165, 1.54) is 15.6 Å². The first kappa shape index (κ1) is 22.7. The Morgan fingerprint density at radius 3 is 2.32 bits per heavy atom. The van der Waals surface area contributed by atoms with Gasteiger partial charge in [0.2, 0.25) is 5.91 Å². The molecule has 3 heterocycles. The van der Waals surface area contributed by atoms with Gasteiger partial charge >= 0.3 is 0 Å². The van der Waals surface area contributed by atoms with Crippen LogP contribution in [0.15, 0.2) is 46.0 Å². The van der Waals surface area contributed by atoms with Gasteiger partial charge in [0.05, 0.1) is 0 Å². The van der Waals surface area contributed by atoms with Crippen LogP contribution in [0.2, 0.25) is 5.02 Å². The molecule has 0 radical (unpaired) electrons. The maximum absolute atomic E-state index is 13.1. The molecule has 2 aromatic rings. The molecule has 1 atom stereocenters. The van der Waals surface area contributed by atoms with E-state index >= 15 is 0 Å². The molecule has 0 bridgehead atoms. The number of thiophene rings is 1. The van der Waals surface area contributed by atoms with Crippen LogP contribution in [-0.2, 0) is 14.8 Å². The van der Waals surface area contributed by atoms with E-state index in [0.29, 0.717) is 43.2 Å². The van der Waals surface area contributed by atoms with Crippen LogP contribution < -0.4 is 0 Å². The standard InChI is InChI=1S/C22H28ClN3O3S2/c1-17(19-5-2-3-6-20(19)23)24-12-14-25(15-13-24)22(27)18-8-10-26(11-9-18)31(28,29)21-7-4-16-30-21/h2-7,16-18H,8-15H2,1H3. The highest BCUT2D eigenvalue weighted by molar-refractivity contribution is 7.91. The number of sulfonamides is 1. The van der Waals surface area contributed by atoms with Crippen molar-refractivity contribution in [2.45, 2.75) is 30.0 Å². The number of carbonyl (C=O) groups excluding carboxylic acids is 1. The molecule has 2 saturated heterocycles. The number of halogens is 1. The molecule has 9 heteroatoms. The summed E-state index contributed by atoms with van der Waals surface area (Å²) in [5.74, 6) is 0.0699. The zero-order valence-electron chi connectivity index (χ0n) is 17.6. The molecule has 1 amide bonds. The van der Waals surface area contributed by atoms with E-state index in [1.807, 2.05) is 23.1 Å². The van der Waals surface area contributed by atoms with Gasteiger partial charge in [0.1, 0.15) is 4.21 Å². The summed E-state index contributed by atoms with van der Waals surface area (Å²) in [4.78, 5) is 17.4. The smallest absolute Gasteiger partial charge is 0.252 e. The third-order valence-corrected chi connectivity index (χ3v) is 10.0. The monoisotopic (exact) mass is 481 g/mol. The molecule has 2 aliphatic heterocycles. The number of piperazine rings is 1. The third kappa shape index (κ3) is 4.83. The lowest BCUT2D eigenvalue weighted by atomic mass is 9.96. The maximum Gasteiger partial charge on any atom is 0.252 e. The van der Waals surface area contributed by atoms with Gasteiger partial charge < -0.3 is 4.90 Å². The molecule has 0 aliphatic carbocycles. The van der Waals surface area contributed by atoms with Gasteiger partial charge in [-0.3, -0.25) is 9.69 Å². The summed E-state index contributed by atoms with van der Waals surface area (Å²) >= 11 is 7.60.